The maximum atomic E-state index is 11.0. The van der Waals surface area contributed by atoms with E-state index < -0.39 is 12.0 Å². The molecule has 0 heterocycles. The van der Waals surface area contributed by atoms with Gasteiger partial charge in [0.15, 0.2) is 0 Å². The lowest BCUT2D eigenvalue weighted by molar-refractivity contribution is -0.141. The van der Waals surface area contributed by atoms with Gasteiger partial charge in [-0.25, -0.2) is 0 Å². The highest BCUT2D eigenvalue weighted by Gasteiger charge is 2.44. The van der Waals surface area contributed by atoms with Crippen LogP contribution in [-0.4, -0.2) is 34.4 Å². The van der Waals surface area contributed by atoms with Gasteiger partial charge in [-0.1, -0.05) is 0 Å². The summed E-state index contributed by atoms with van der Waals surface area (Å²) in [6, 6.07) is -0.442. The molecule has 0 aliphatic heterocycles. The third kappa shape index (κ3) is 1.77. The predicted octanol–water partition coefficient (Wildman–Crippen LogP) is 0.354. The molecule has 80 valence electrons. The second-order valence-corrected chi connectivity index (χ2v) is 4.59. The Kier molecular flexibility index (Phi) is 2.49. The number of nitrogens with one attached hydrogen (secondary N) is 1. The topological polar surface area (TPSA) is 69.6 Å². The zero-order chi connectivity index (χ0) is 10.2. The Bertz CT molecular complexity index is 228. The number of aliphatic hydroxyl groups is 1. The van der Waals surface area contributed by atoms with Crippen LogP contribution >= 0.6 is 0 Å². The first-order valence-corrected chi connectivity index (χ1v) is 5.28. The monoisotopic (exact) mass is 199 g/mol. The van der Waals surface area contributed by atoms with Crippen LogP contribution in [0, 0.1) is 5.92 Å². The van der Waals surface area contributed by atoms with Crippen LogP contribution < -0.4 is 5.32 Å². The Morgan fingerprint density at radius 1 is 1.50 bits per heavy atom. The van der Waals surface area contributed by atoms with Crippen LogP contribution in [0.1, 0.15) is 32.1 Å². The molecule has 0 bridgehead atoms. The standard InChI is InChI=1S/C10H17NO3/c12-6-10(4-1-5-10)11-8(9(13)14)7-2-3-7/h7-8,11-12H,1-6H2,(H,13,14). The molecule has 2 rings (SSSR count). The van der Waals surface area contributed by atoms with E-state index in [0.717, 1.165) is 32.1 Å². The fraction of sp³-hybridized carbons (Fsp3) is 0.900. The molecule has 0 aromatic heterocycles. The molecule has 1 atom stereocenters. The summed E-state index contributed by atoms with van der Waals surface area (Å²) in [4.78, 5) is 11.0. The largest absolute Gasteiger partial charge is 0.480 e. The third-order valence-corrected chi connectivity index (χ3v) is 3.43. The zero-order valence-electron chi connectivity index (χ0n) is 8.20. The number of hydrogen-bond donors (Lipinski definition) is 3. The van der Waals surface area contributed by atoms with Gasteiger partial charge in [0, 0.05) is 5.54 Å². The SMILES string of the molecule is O=C(O)C(NC1(CO)CCC1)C1CC1. The number of aliphatic carboxylic acids is 1. The lowest BCUT2D eigenvalue weighted by atomic mass is 9.76. The Labute approximate surface area is 83.3 Å². The van der Waals surface area contributed by atoms with Gasteiger partial charge in [-0.3, -0.25) is 10.1 Å². The van der Waals surface area contributed by atoms with Gasteiger partial charge in [-0.2, -0.15) is 0 Å². The third-order valence-electron chi connectivity index (χ3n) is 3.43. The van der Waals surface area contributed by atoms with Crippen molar-refractivity contribution in [3.8, 4) is 0 Å². The number of aliphatic hydroxyl groups excluding tert-OH is 1. The van der Waals surface area contributed by atoms with Crippen molar-refractivity contribution in [2.24, 2.45) is 5.92 Å². The molecule has 0 spiro atoms. The zero-order valence-corrected chi connectivity index (χ0v) is 8.20. The fourth-order valence-electron chi connectivity index (χ4n) is 2.09. The molecule has 2 fully saturated rings. The summed E-state index contributed by atoms with van der Waals surface area (Å²) in [5, 5.41) is 21.4. The number of carboxylic acids is 1. The summed E-state index contributed by atoms with van der Waals surface area (Å²) < 4.78 is 0. The van der Waals surface area contributed by atoms with Crippen LogP contribution in [0.15, 0.2) is 0 Å². The summed E-state index contributed by atoms with van der Waals surface area (Å²) in [5.74, 6) is -0.483. The van der Waals surface area contributed by atoms with Crippen LogP contribution in [0.2, 0.25) is 0 Å². The summed E-state index contributed by atoms with van der Waals surface area (Å²) in [5.41, 5.74) is -0.286. The highest BCUT2D eigenvalue weighted by Crippen LogP contribution is 2.37. The van der Waals surface area contributed by atoms with Crippen molar-refractivity contribution in [2.45, 2.75) is 43.7 Å². The molecule has 2 saturated carbocycles. The molecule has 3 N–H and O–H groups in total. The smallest absolute Gasteiger partial charge is 0.321 e. The van der Waals surface area contributed by atoms with Gasteiger partial charge in [0.05, 0.1) is 6.61 Å². The lowest BCUT2D eigenvalue weighted by Crippen LogP contribution is -2.60. The summed E-state index contributed by atoms with van der Waals surface area (Å²) >= 11 is 0. The van der Waals surface area contributed by atoms with Crippen LogP contribution in [0.5, 0.6) is 0 Å². The van der Waals surface area contributed by atoms with Crippen molar-refractivity contribution in [2.75, 3.05) is 6.61 Å². The molecule has 0 aromatic rings. The molecule has 2 aliphatic rings. The van der Waals surface area contributed by atoms with Crippen molar-refractivity contribution in [3.63, 3.8) is 0 Å². The summed E-state index contributed by atoms with van der Waals surface area (Å²) in [6.45, 7) is 0.0590. The molecule has 0 saturated heterocycles. The van der Waals surface area contributed by atoms with Crippen LogP contribution in [-0.2, 0) is 4.79 Å². The first-order chi connectivity index (χ1) is 6.67. The van der Waals surface area contributed by atoms with Crippen molar-refractivity contribution < 1.29 is 15.0 Å². The normalized spacial score (nSPS) is 26.6. The second kappa shape index (κ2) is 3.51. The molecule has 1 unspecified atom stereocenters. The van der Waals surface area contributed by atoms with Crippen LogP contribution in [0.3, 0.4) is 0 Å². The van der Waals surface area contributed by atoms with Gasteiger partial charge in [0.25, 0.3) is 0 Å². The van der Waals surface area contributed by atoms with E-state index in [1.54, 1.807) is 0 Å². The van der Waals surface area contributed by atoms with E-state index in [9.17, 15) is 9.90 Å². The minimum absolute atomic E-state index is 0.0590. The van der Waals surface area contributed by atoms with E-state index in [1.165, 1.54) is 0 Å². The van der Waals surface area contributed by atoms with E-state index in [4.69, 9.17) is 5.11 Å². The summed E-state index contributed by atoms with van der Waals surface area (Å²) in [6.07, 6.45) is 4.90. The van der Waals surface area contributed by atoms with Crippen molar-refractivity contribution in [1.82, 2.24) is 5.32 Å². The van der Waals surface area contributed by atoms with Gasteiger partial charge < -0.3 is 10.2 Å². The number of rotatable bonds is 5. The van der Waals surface area contributed by atoms with Gasteiger partial charge in [-0.15, -0.1) is 0 Å². The Balaban J connectivity index is 1.95. The number of hydrogen-bond acceptors (Lipinski definition) is 3. The first-order valence-electron chi connectivity index (χ1n) is 5.28. The number of carboxylic acid groups (broad SMARTS) is 1. The molecule has 0 radical (unpaired) electrons. The second-order valence-electron chi connectivity index (χ2n) is 4.59. The fourth-order valence-corrected chi connectivity index (χ4v) is 2.09. The molecule has 4 nitrogen and oxygen atoms in total. The van der Waals surface area contributed by atoms with E-state index in [-0.39, 0.29) is 18.1 Å². The van der Waals surface area contributed by atoms with Crippen molar-refractivity contribution in [1.29, 1.82) is 0 Å². The quantitative estimate of drug-likeness (QED) is 0.597. The lowest BCUT2D eigenvalue weighted by Gasteiger charge is -2.43. The Hall–Kier alpha value is -0.610. The van der Waals surface area contributed by atoms with Gasteiger partial charge in [-0.05, 0) is 38.0 Å². The maximum Gasteiger partial charge on any atom is 0.321 e. The molecular weight excluding hydrogens is 182 g/mol. The van der Waals surface area contributed by atoms with Crippen LogP contribution in [0.4, 0.5) is 0 Å². The molecule has 0 aromatic carbocycles. The molecule has 14 heavy (non-hydrogen) atoms. The predicted molar refractivity (Wildman–Crippen MR) is 51.0 cm³/mol. The van der Waals surface area contributed by atoms with Gasteiger partial charge in [0.2, 0.25) is 0 Å². The van der Waals surface area contributed by atoms with E-state index in [2.05, 4.69) is 5.32 Å². The van der Waals surface area contributed by atoms with Crippen LogP contribution in [0.25, 0.3) is 0 Å². The minimum atomic E-state index is -0.771. The van der Waals surface area contributed by atoms with Crippen molar-refractivity contribution >= 4 is 5.97 Å². The van der Waals surface area contributed by atoms with E-state index in [1.807, 2.05) is 0 Å². The van der Waals surface area contributed by atoms with E-state index in [0.29, 0.717) is 0 Å². The van der Waals surface area contributed by atoms with Gasteiger partial charge >= 0.3 is 5.97 Å². The Morgan fingerprint density at radius 2 is 2.14 bits per heavy atom. The summed E-state index contributed by atoms with van der Waals surface area (Å²) in [7, 11) is 0. The molecule has 0 amide bonds. The maximum absolute atomic E-state index is 11.0. The highest BCUT2D eigenvalue weighted by molar-refractivity contribution is 5.74. The number of carbonyl (C=O) groups is 1. The van der Waals surface area contributed by atoms with E-state index >= 15 is 0 Å². The van der Waals surface area contributed by atoms with Gasteiger partial charge in [0.1, 0.15) is 6.04 Å². The molecule has 4 heteroatoms. The average Bonchev–Trinajstić information content (AvgIpc) is 2.86. The Morgan fingerprint density at radius 3 is 2.43 bits per heavy atom. The molecule has 2 aliphatic carbocycles. The average molecular weight is 199 g/mol. The van der Waals surface area contributed by atoms with Crippen molar-refractivity contribution in [3.05, 3.63) is 0 Å². The molecular formula is C10H17NO3. The first kappa shape index (κ1) is 9.93. The highest BCUT2D eigenvalue weighted by atomic mass is 16.4. The minimum Gasteiger partial charge on any atom is -0.480 e.